The molecule has 0 aromatic rings. The molecule has 0 aromatic carbocycles. The highest BCUT2D eigenvalue weighted by Gasteiger charge is 2.66. The molecule has 0 aromatic heterocycles. The summed E-state index contributed by atoms with van der Waals surface area (Å²) in [5.41, 5.74) is -1.51. The number of aliphatic hydroxyl groups excluding tert-OH is 1. The van der Waals surface area contributed by atoms with Crippen LogP contribution in [0.1, 0.15) is 12.8 Å². The van der Waals surface area contributed by atoms with E-state index in [1.807, 2.05) is 0 Å². The molecule has 2 saturated heterocycles. The van der Waals surface area contributed by atoms with Crippen molar-refractivity contribution < 1.29 is 18.6 Å². The molecule has 2 heterocycles. The zero-order valence-corrected chi connectivity index (χ0v) is 6.02. The second-order valence-electron chi connectivity index (χ2n) is 3.67. The maximum atomic E-state index is 12.3. The lowest BCUT2D eigenvalue weighted by atomic mass is 9.63. The van der Waals surface area contributed by atoms with Gasteiger partial charge in [0.1, 0.15) is 5.60 Å². The van der Waals surface area contributed by atoms with E-state index in [4.69, 9.17) is 9.84 Å². The molecule has 2 nitrogen and oxygen atoms in total. The summed E-state index contributed by atoms with van der Waals surface area (Å²) < 4.78 is 29.5. The van der Waals surface area contributed by atoms with Crippen molar-refractivity contribution in [2.24, 2.45) is 5.41 Å². The first kappa shape index (κ1) is 7.43. The molecule has 0 atom stereocenters. The van der Waals surface area contributed by atoms with Crippen LogP contribution in [0.4, 0.5) is 8.78 Å². The predicted octanol–water partition coefficient (Wildman–Crippen LogP) is 0.793. The monoisotopic (exact) mass is 164 g/mol. The van der Waals surface area contributed by atoms with E-state index in [0.29, 0.717) is 19.4 Å². The first-order valence-electron chi connectivity index (χ1n) is 3.66. The molecule has 3 aliphatic rings. The Morgan fingerprint density at radius 2 is 2.09 bits per heavy atom. The van der Waals surface area contributed by atoms with Crippen molar-refractivity contribution in [2.45, 2.75) is 24.9 Å². The third-order valence-electron chi connectivity index (χ3n) is 2.75. The average molecular weight is 164 g/mol. The van der Waals surface area contributed by atoms with Gasteiger partial charge in [-0.3, -0.25) is 0 Å². The fraction of sp³-hybridized carbons (Fsp3) is 1.00. The minimum Gasteiger partial charge on any atom is -0.396 e. The number of hydrogen-bond donors (Lipinski definition) is 1. The molecule has 2 aliphatic heterocycles. The number of alkyl halides is 2. The van der Waals surface area contributed by atoms with Crippen molar-refractivity contribution >= 4 is 0 Å². The van der Waals surface area contributed by atoms with E-state index in [0.717, 1.165) is 0 Å². The first-order valence-corrected chi connectivity index (χ1v) is 3.66. The van der Waals surface area contributed by atoms with E-state index in [1.54, 1.807) is 0 Å². The first-order chi connectivity index (χ1) is 5.13. The molecule has 3 fully saturated rings. The Morgan fingerprint density at radius 1 is 1.45 bits per heavy atom. The number of ether oxygens (including phenoxy) is 1. The summed E-state index contributed by atoms with van der Waals surface area (Å²) in [6, 6.07) is 0. The van der Waals surface area contributed by atoms with Crippen LogP contribution in [0, 0.1) is 5.41 Å². The van der Waals surface area contributed by atoms with Crippen LogP contribution in [0.15, 0.2) is 0 Å². The normalized spacial score (nSPS) is 48.0. The summed E-state index contributed by atoms with van der Waals surface area (Å²) in [6.45, 7) is 0.273. The number of aliphatic hydroxyl groups is 1. The molecule has 64 valence electrons. The van der Waals surface area contributed by atoms with Crippen LogP contribution in [0.25, 0.3) is 0 Å². The SMILES string of the molecule is OCC12COC(C(F)F)(C1)C2. The van der Waals surface area contributed by atoms with E-state index < -0.39 is 12.0 Å². The third-order valence-corrected chi connectivity index (χ3v) is 2.75. The van der Waals surface area contributed by atoms with E-state index in [9.17, 15) is 8.78 Å². The standard InChI is InChI=1S/C7H10F2O2/c8-5(9)7-1-6(2-7,3-10)4-11-7/h5,10H,1-4H2. The number of fused-ring (bicyclic) bond motifs is 1. The maximum absolute atomic E-state index is 12.3. The zero-order chi connectivity index (χ0) is 8.11. The molecular weight excluding hydrogens is 154 g/mol. The molecule has 1 saturated carbocycles. The fourth-order valence-corrected chi connectivity index (χ4v) is 2.09. The Morgan fingerprint density at radius 3 is 2.36 bits per heavy atom. The van der Waals surface area contributed by atoms with Gasteiger partial charge in [-0.25, -0.2) is 8.78 Å². The van der Waals surface area contributed by atoms with E-state index in [2.05, 4.69) is 0 Å². The Labute approximate surface area is 63.2 Å². The highest BCUT2D eigenvalue weighted by molar-refractivity contribution is 5.12. The molecule has 1 aliphatic carbocycles. The van der Waals surface area contributed by atoms with Gasteiger partial charge >= 0.3 is 0 Å². The molecular formula is C7H10F2O2. The predicted molar refractivity (Wildman–Crippen MR) is 33.4 cm³/mol. The van der Waals surface area contributed by atoms with Crippen molar-refractivity contribution in [1.29, 1.82) is 0 Å². The van der Waals surface area contributed by atoms with E-state index in [-0.39, 0.29) is 12.0 Å². The molecule has 0 spiro atoms. The summed E-state index contributed by atoms with van der Waals surface area (Å²) in [5, 5.41) is 8.83. The lowest BCUT2D eigenvalue weighted by Crippen LogP contribution is -2.50. The lowest BCUT2D eigenvalue weighted by Gasteiger charge is -2.42. The summed E-state index contributed by atoms with van der Waals surface area (Å²) >= 11 is 0. The smallest absolute Gasteiger partial charge is 0.267 e. The zero-order valence-electron chi connectivity index (χ0n) is 6.02. The van der Waals surface area contributed by atoms with Gasteiger partial charge < -0.3 is 9.84 Å². The van der Waals surface area contributed by atoms with Crippen LogP contribution in [0.5, 0.6) is 0 Å². The average Bonchev–Trinajstić information content (AvgIpc) is 2.39. The Bertz CT molecular complexity index is 175. The summed E-state index contributed by atoms with van der Waals surface area (Å²) in [5.74, 6) is 0. The van der Waals surface area contributed by atoms with Crippen LogP contribution in [-0.2, 0) is 4.74 Å². The van der Waals surface area contributed by atoms with Gasteiger partial charge in [0.2, 0.25) is 0 Å². The fourth-order valence-electron chi connectivity index (χ4n) is 2.09. The van der Waals surface area contributed by atoms with Crippen LogP contribution in [0.2, 0.25) is 0 Å². The van der Waals surface area contributed by atoms with Gasteiger partial charge in [-0.1, -0.05) is 0 Å². The van der Waals surface area contributed by atoms with Gasteiger partial charge in [-0.05, 0) is 12.8 Å². The largest absolute Gasteiger partial charge is 0.396 e. The van der Waals surface area contributed by atoms with Gasteiger partial charge in [0.15, 0.2) is 0 Å². The van der Waals surface area contributed by atoms with Crippen molar-refractivity contribution in [1.82, 2.24) is 0 Å². The van der Waals surface area contributed by atoms with Crippen LogP contribution >= 0.6 is 0 Å². The van der Waals surface area contributed by atoms with Crippen LogP contribution in [0.3, 0.4) is 0 Å². The number of hydrogen-bond acceptors (Lipinski definition) is 2. The Kier molecular flexibility index (Phi) is 1.30. The molecule has 0 amide bonds. The van der Waals surface area contributed by atoms with Gasteiger partial charge in [0.05, 0.1) is 13.2 Å². The minimum absolute atomic E-state index is 0.0263. The Balaban J connectivity index is 2.08. The van der Waals surface area contributed by atoms with Gasteiger partial charge in [-0.15, -0.1) is 0 Å². The van der Waals surface area contributed by atoms with Crippen LogP contribution < -0.4 is 0 Å². The maximum Gasteiger partial charge on any atom is 0.267 e. The molecule has 0 unspecified atom stereocenters. The molecule has 3 rings (SSSR count). The second-order valence-corrected chi connectivity index (χ2v) is 3.67. The van der Waals surface area contributed by atoms with E-state index in [1.165, 1.54) is 0 Å². The molecule has 4 heteroatoms. The Hall–Kier alpha value is -0.220. The topological polar surface area (TPSA) is 29.5 Å². The van der Waals surface area contributed by atoms with Crippen molar-refractivity contribution in [3.63, 3.8) is 0 Å². The van der Waals surface area contributed by atoms with E-state index >= 15 is 0 Å². The molecule has 11 heavy (non-hydrogen) atoms. The highest BCUT2D eigenvalue weighted by atomic mass is 19.3. The van der Waals surface area contributed by atoms with Crippen LogP contribution in [-0.4, -0.2) is 30.3 Å². The lowest BCUT2D eigenvalue weighted by molar-refractivity contribution is -0.134. The number of rotatable bonds is 2. The molecule has 2 bridgehead atoms. The van der Waals surface area contributed by atoms with Gasteiger partial charge in [0.25, 0.3) is 6.43 Å². The summed E-state index contributed by atoms with van der Waals surface area (Å²) in [4.78, 5) is 0. The molecule has 1 N–H and O–H groups in total. The minimum atomic E-state index is -2.40. The summed E-state index contributed by atoms with van der Waals surface area (Å²) in [6.07, 6.45) is -1.74. The van der Waals surface area contributed by atoms with Gasteiger partial charge in [-0.2, -0.15) is 0 Å². The van der Waals surface area contributed by atoms with Gasteiger partial charge in [0, 0.05) is 5.41 Å². The second kappa shape index (κ2) is 1.93. The quantitative estimate of drug-likeness (QED) is 0.653. The summed E-state index contributed by atoms with van der Waals surface area (Å²) in [7, 11) is 0. The van der Waals surface area contributed by atoms with Crippen molar-refractivity contribution in [3.8, 4) is 0 Å². The third kappa shape index (κ3) is 0.767. The van der Waals surface area contributed by atoms with Crippen molar-refractivity contribution in [3.05, 3.63) is 0 Å². The molecule has 0 radical (unpaired) electrons. The highest BCUT2D eigenvalue weighted by Crippen LogP contribution is 2.59. The number of halogens is 2. The van der Waals surface area contributed by atoms with Crippen molar-refractivity contribution in [2.75, 3.05) is 13.2 Å².